The lowest BCUT2D eigenvalue weighted by Gasteiger charge is -2.15. The summed E-state index contributed by atoms with van der Waals surface area (Å²) in [5.74, 6) is 0. The number of hydrogen-bond donors (Lipinski definition) is 1. The fourth-order valence-electron chi connectivity index (χ4n) is 2.53. The Bertz CT molecular complexity index is 313. The summed E-state index contributed by atoms with van der Waals surface area (Å²) in [4.78, 5) is 2.55. The molecule has 1 fully saturated rings. The molecule has 0 bridgehead atoms. The quantitative estimate of drug-likeness (QED) is 0.730. The highest BCUT2D eigenvalue weighted by Gasteiger charge is 2.10. The molecule has 3 heteroatoms. The van der Waals surface area contributed by atoms with Gasteiger partial charge in [0.2, 0.25) is 0 Å². The van der Waals surface area contributed by atoms with E-state index in [-0.39, 0.29) is 0 Å². The topological polar surface area (TPSA) is 20.2 Å². The lowest BCUT2D eigenvalue weighted by molar-refractivity contribution is 0.335. The zero-order valence-electron chi connectivity index (χ0n) is 11.0. The van der Waals surface area contributed by atoms with Crippen LogP contribution in [0.25, 0.3) is 0 Å². The number of rotatable bonds is 7. The average molecular weight is 235 g/mol. The Morgan fingerprint density at radius 3 is 2.82 bits per heavy atom. The summed E-state index contributed by atoms with van der Waals surface area (Å²) in [6.07, 6.45) is 6.16. The fourth-order valence-corrected chi connectivity index (χ4v) is 2.53. The summed E-state index contributed by atoms with van der Waals surface area (Å²) in [5, 5.41) is 3.55. The van der Waals surface area contributed by atoms with Crippen LogP contribution in [0.1, 0.15) is 31.9 Å². The maximum Gasteiger partial charge on any atom is 0.0359 e. The van der Waals surface area contributed by atoms with E-state index in [9.17, 15) is 0 Å². The minimum atomic E-state index is 1.00. The van der Waals surface area contributed by atoms with E-state index >= 15 is 0 Å². The molecular formula is C14H25N3. The second kappa shape index (κ2) is 6.82. The molecule has 1 aromatic heterocycles. The van der Waals surface area contributed by atoms with Gasteiger partial charge in [-0.1, -0.05) is 6.92 Å². The number of likely N-dealkylation sites (tertiary alicyclic amines) is 1. The Labute approximate surface area is 105 Å². The molecule has 0 radical (unpaired) electrons. The van der Waals surface area contributed by atoms with Gasteiger partial charge < -0.3 is 14.8 Å². The van der Waals surface area contributed by atoms with Crippen molar-refractivity contribution in [1.82, 2.24) is 14.8 Å². The predicted molar refractivity (Wildman–Crippen MR) is 72.1 cm³/mol. The first-order valence-electron chi connectivity index (χ1n) is 6.97. The highest BCUT2D eigenvalue weighted by molar-refractivity contribution is 5.06. The molecule has 1 aliphatic heterocycles. The summed E-state index contributed by atoms with van der Waals surface area (Å²) in [6.45, 7) is 9.27. The minimum absolute atomic E-state index is 1.00. The van der Waals surface area contributed by atoms with Crippen LogP contribution in [-0.2, 0) is 13.1 Å². The van der Waals surface area contributed by atoms with Gasteiger partial charge in [-0.15, -0.1) is 0 Å². The molecule has 0 aliphatic carbocycles. The van der Waals surface area contributed by atoms with Crippen molar-refractivity contribution in [2.45, 2.75) is 39.3 Å². The Balaban J connectivity index is 1.65. The predicted octanol–water partition coefficient (Wildman–Crippen LogP) is 2.08. The molecule has 0 amide bonds. The normalized spacial score (nSPS) is 16.8. The first kappa shape index (κ1) is 12.7. The summed E-state index contributed by atoms with van der Waals surface area (Å²) < 4.78 is 2.35. The van der Waals surface area contributed by atoms with Gasteiger partial charge in [-0.05, 0) is 44.5 Å². The van der Waals surface area contributed by atoms with Gasteiger partial charge >= 0.3 is 0 Å². The van der Waals surface area contributed by atoms with Crippen LogP contribution in [-0.4, -0.2) is 35.6 Å². The van der Waals surface area contributed by atoms with Crippen LogP contribution < -0.4 is 5.32 Å². The summed E-state index contributed by atoms with van der Waals surface area (Å²) >= 11 is 0. The third-order valence-corrected chi connectivity index (χ3v) is 3.50. The van der Waals surface area contributed by atoms with Gasteiger partial charge in [0.1, 0.15) is 0 Å². The first-order valence-corrected chi connectivity index (χ1v) is 6.97. The van der Waals surface area contributed by atoms with Gasteiger partial charge in [0.05, 0.1) is 0 Å². The molecule has 0 unspecified atom stereocenters. The van der Waals surface area contributed by atoms with Gasteiger partial charge in [0.15, 0.2) is 0 Å². The van der Waals surface area contributed by atoms with Crippen LogP contribution in [0.4, 0.5) is 0 Å². The van der Waals surface area contributed by atoms with E-state index in [0.29, 0.717) is 0 Å². The fraction of sp³-hybridized carbons (Fsp3) is 0.714. The van der Waals surface area contributed by atoms with E-state index < -0.39 is 0 Å². The van der Waals surface area contributed by atoms with Crippen LogP contribution in [0.3, 0.4) is 0 Å². The average Bonchev–Trinajstić information content (AvgIpc) is 2.96. The van der Waals surface area contributed by atoms with Crippen LogP contribution >= 0.6 is 0 Å². The van der Waals surface area contributed by atoms with Gasteiger partial charge in [-0.2, -0.15) is 0 Å². The molecule has 1 N–H and O–H groups in total. The van der Waals surface area contributed by atoms with Crippen LogP contribution in [0, 0.1) is 0 Å². The molecule has 0 aromatic carbocycles. The van der Waals surface area contributed by atoms with E-state index in [1.54, 1.807) is 0 Å². The second-order valence-corrected chi connectivity index (χ2v) is 4.92. The maximum absolute atomic E-state index is 3.55. The van der Waals surface area contributed by atoms with Gasteiger partial charge in [0, 0.05) is 38.1 Å². The maximum atomic E-state index is 3.55. The molecule has 17 heavy (non-hydrogen) atoms. The Morgan fingerprint density at radius 1 is 1.24 bits per heavy atom. The van der Waals surface area contributed by atoms with Crippen LogP contribution in [0.2, 0.25) is 0 Å². The molecule has 1 aliphatic rings. The highest BCUT2D eigenvalue weighted by Crippen LogP contribution is 2.06. The standard InChI is InChI=1S/C14H25N3/c1-2-8-17-11-5-6-14(17)13-15-7-12-16-9-3-4-10-16/h5-6,11,15H,2-4,7-10,12-13H2,1H3. The molecule has 1 saturated heterocycles. The zero-order chi connectivity index (χ0) is 11.9. The number of nitrogens with zero attached hydrogens (tertiary/aromatic N) is 2. The van der Waals surface area contributed by atoms with E-state index in [1.165, 1.54) is 44.6 Å². The minimum Gasteiger partial charge on any atom is -0.350 e. The number of nitrogens with one attached hydrogen (secondary N) is 1. The smallest absolute Gasteiger partial charge is 0.0359 e. The molecule has 96 valence electrons. The SMILES string of the molecule is CCCn1cccc1CNCCN1CCCC1. The van der Waals surface area contributed by atoms with Crippen molar-refractivity contribution < 1.29 is 0 Å². The van der Waals surface area contributed by atoms with Crippen molar-refractivity contribution in [1.29, 1.82) is 0 Å². The molecule has 0 saturated carbocycles. The molecule has 0 atom stereocenters. The lowest BCUT2D eigenvalue weighted by atomic mass is 10.4. The summed E-state index contributed by atoms with van der Waals surface area (Å²) in [7, 11) is 0. The molecule has 2 rings (SSSR count). The van der Waals surface area contributed by atoms with Gasteiger partial charge in [-0.25, -0.2) is 0 Å². The van der Waals surface area contributed by atoms with Crippen molar-refractivity contribution in [3.05, 3.63) is 24.0 Å². The van der Waals surface area contributed by atoms with Crippen LogP contribution in [0.15, 0.2) is 18.3 Å². The molecule has 1 aromatic rings. The van der Waals surface area contributed by atoms with E-state index in [0.717, 1.165) is 19.6 Å². The Hall–Kier alpha value is -0.800. The van der Waals surface area contributed by atoms with E-state index in [1.807, 2.05) is 0 Å². The van der Waals surface area contributed by atoms with Crippen molar-refractivity contribution in [2.75, 3.05) is 26.2 Å². The van der Waals surface area contributed by atoms with Gasteiger partial charge in [-0.3, -0.25) is 0 Å². The number of hydrogen-bond acceptors (Lipinski definition) is 2. The third kappa shape index (κ3) is 3.86. The molecular weight excluding hydrogens is 210 g/mol. The van der Waals surface area contributed by atoms with Gasteiger partial charge in [0.25, 0.3) is 0 Å². The van der Waals surface area contributed by atoms with Crippen molar-refractivity contribution in [3.8, 4) is 0 Å². The molecule has 2 heterocycles. The number of aromatic nitrogens is 1. The van der Waals surface area contributed by atoms with Crippen LogP contribution in [0.5, 0.6) is 0 Å². The van der Waals surface area contributed by atoms with Crippen molar-refractivity contribution in [3.63, 3.8) is 0 Å². The molecule has 0 spiro atoms. The third-order valence-electron chi connectivity index (χ3n) is 3.50. The van der Waals surface area contributed by atoms with E-state index in [4.69, 9.17) is 0 Å². The monoisotopic (exact) mass is 235 g/mol. The number of aryl methyl sites for hydroxylation is 1. The Kier molecular flexibility index (Phi) is 5.08. The summed E-state index contributed by atoms with van der Waals surface area (Å²) in [6, 6.07) is 4.37. The summed E-state index contributed by atoms with van der Waals surface area (Å²) in [5.41, 5.74) is 1.41. The Morgan fingerprint density at radius 2 is 2.06 bits per heavy atom. The van der Waals surface area contributed by atoms with E-state index in [2.05, 4.69) is 40.0 Å². The lowest BCUT2D eigenvalue weighted by Crippen LogP contribution is -2.30. The molecule has 3 nitrogen and oxygen atoms in total. The second-order valence-electron chi connectivity index (χ2n) is 4.92. The highest BCUT2D eigenvalue weighted by atomic mass is 15.1. The van der Waals surface area contributed by atoms with Crippen molar-refractivity contribution in [2.24, 2.45) is 0 Å². The largest absolute Gasteiger partial charge is 0.350 e. The van der Waals surface area contributed by atoms with Crippen molar-refractivity contribution >= 4 is 0 Å². The first-order chi connectivity index (χ1) is 8.40. The zero-order valence-corrected chi connectivity index (χ0v) is 11.0.